The highest BCUT2D eigenvalue weighted by molar-refractivity contribution is 6.29. The first-order valence-corrected chi connectivity index (χ1v) is 8.94. The van der Waals surface area contributed by atoms with Crippen LogP contribution in [-0.2, 0) is 16.2 Å². The van der Waals surface area contributed by atoms with Crippen LogP contribution in [-0.4, -0.2) is 73.9 Å². The Labute approximate surface area is 145 Å². The van der Waals surface area contributed by atoms with Crippen molar-refractivity contribution < 1.29 is 14.6 Å². The van der Waals surface area contributed by atoms with E-state index in [4.69, 9.17) is 9.47 Å². The third kappa shape index (κ3) is 4.73. The third-order valence-corrected chi connectivity index (χ3v) is 3.78. The smallest absolute Gasteiger partial charge is 0.167 e. The van der Waals surface area contributed by atoms with Crippen molar-refractivity contribution in [1.82, 2.24) is 19.5 Å². The van der Waals surface area contributed by atoms with E-state index in [9.17, 15) is 5.11 Å². The quantitative estimate of drug-likeness (QED) is 0.641. The number of hydrogen-bond donors (Lipinski definition) is 1. The Morgan fingerprint density at radius 2 is 2.04 bits per heavy atom. The number of aromatic nitrogens is 4. The van der Waals surface area contributed by atoms with Crippen LogP contribution >= 0.6 is 0 Å². The van der Waals surface area contributed by atoms with Gasteiger partial charge in [0.05, 0.1) is 35.4 Å². The van der Waals surface area contributed by atoms with E-state index in [0.29, 0.717) is 6.61 Å². The Hall–Kier alpha value is -1.55. The van der Waals surface area contributed by atoms with Crippen LogP contribution in [0.2, 0.25) is 0 Å². The molecule has 2 aromatic rings. The van der Waals surface area contributed by atoms with Gasteiger partial charge in [-0.3, -0.25) is 4.57 Å². The van der Waals surface area contributed by atoms with Gasteiger partial charge in [-0.1, -0.05) is 0 Å². The van der Waals surface area contributed by atoms with E-state index in [0.717, 1.165) is 32.7 Å². The predicted molar refractivity (Wildman–Crippen MR) is 96.9 cm³/mol. The number of nitrogens with zero attached hydrogens (tertiary/aromatic N) is 5. The molecule has 0 amide bonds. The molecule has 134 valence electrons. The summed E-state index contributed by atoms with van der Waals surface area (Å²) in [7, 11) is 4.62. The number of hydrogen-bond acceptors (Lipinski definition) is 7. The number of imidazole rings is 1. The Kier molecular flexibility index (Phi) is 5.91. The van der Waals surface area contributed by atoms with Crippen molar-refractivity contribution in [2.45, 2.75) is 39.2 Å². The van der Waals surface area contributed by atoms with Gasteiger partial charge in [0.15, 0.2) is 17.0 Å². The van der Waals surface area contributed by atoms with Crippen LogP contribution in [0.4, 0.5) is 5.82 Å². The van der Waals surface area contributed by atoms with Crippen LogP contribution in [0.15, 0.2) is 6.33 Å². The molecule has 1 unspecified atom stereocenters. The highest BCUT2D eigenvalue weighted by Crippen LogP contribution is 2.19. The zero-order chi connectivity index (χ0) is 17.9. The number of fused-ring (bicyclic) bond motifs is 1. The van der Waals surface area contributed by atoms with Crippen LogP contribution in [0.1, 0.15) is 20.8 Å². The average molecular weight is 353 g/mol. The van der Waals surface area contributed by atoms with Crippen LogP contribution in [0.3, 0.4) is 0 Å². The van der Waals surface area contributed by atoms with Gasteiger partial charge in [-0.25, -0.2) is 15.0 Å². The maximum absolute atomic E-state index is 9.47. The summed E-state index contributed by atoms with van der Waals surface area (Å²) in [4.78, 5) is 15.3. The summed E-state index contributed by atoms with van der Waals surface area (Å²) in [6.45, 7) is 6.38. The predicted octanol–water partition coefficient (Wildman–Crippen LogP) is -0.967. The molecule has 2 aromatic heterocycles. The standard InChI is InChI=1S/C15H27N5O3Si/c1-15(2,3)23-7-10(6-21)22-9-20-8-16-11-12(19(4)5)17-14(24)18-13(11)20/h8,10,21H,6-7,9H2,1-5,24H3. The second-order valence-corrected chi connectivity index (χ2v) is 7.79. The highest BCUT2D eigenvalue weighted by atomic mass is 28.1. The first-order valence-electron chi connectivity index (χ1n) is 7.94. The first kappa shape index (κ1) is 18.8. The van der Waals surface area contributed by atoms with Crippen LogP contribution < -0.4 is 10.3 Å². The molecule has 0 radical (unpaired) electrons. The molecule has 0 aliphatic rings. The minimum Gasteiger partial charge on any atom is -0.394 e. The fourth-order valence-electron chi connectivity index (χ4n) is 2.12. The van der Waals surface area contributed by atoms with Crippen molar-refractivity contribution in [3.05, 3.63) is 6.33 Å². The number of aliphatic hydroxyl groups is 1. The van der Waals surface area contributed by atoms with Crippen LogP contribution in [0.25, 0.3) is 11.2 Å². The Morgan fingerprint density at radius 1 is 1.33 bits per heavy atom. The molecule has 0 saturated carbocycles. The SMILES string of the molecule is CN(C)c1nc([SiH3])nc2c1ncn2COC(CO)COC(C)(C)C. The minimum atomic E-state index is -0.396. The lowest BCUT2D eigenvalue weighted by atomic mass is 10.2. The molecular weight excluding hydrogens is 326 g/mol. The fraction of sp³-hybridized carbons (Fsp3) is 0.667. The molecule has 0 aromatic carbocycles. The molecule has 0 aliphatic heterocycles. The molecule has 0 fully saturated rings. The molecule has 9 heteroatoms. The van der Waals surface area contributed by atoms with Crippen LogP contribution in [0.5, 0.6) is 0 Å². The summed E-state index contributed by atoms with van der Waals surface area (Å²) in [5, 5.41) is 9.47. The Bertz CT molecular complexity index is 684. The molecule has 2 rings (SSSR count). The van der Waals surface area contributed by atoms with E-state index in [2.05, 4.69) is 15.0 Å². The van der Waals surface area contributed by atoms with Gasteiger partial charge < -0.3 is 19.5 Å². The second-order valence-electron chi connectivity index (χ2n) is 6.90. The molecule has 1 atom stereocenters. The lowest BCUT2D eigenvalue weighted by Gasteiger charge is -2.23. The summed E-state index contributed by atoms with van der Waals surface area (Å²) >= 11 is 0. The Balaban J connectivity index is 2.12. The maximum Gasteiger partial charge on any atom is 0.167 e. The van der Waals surface area contributed by atoms with Gasteiger partial charge >= 0.3 is 0 Å². The molecule has 0 spiro atoms. The third-order valence-electron chi connectivity index (χ3n) is 3.34. The summed E-state index contributed by atoms with van der Waals surface area (Å²) in [5.74, 6) is 0.804. The van der Waals surface area contributed by atoms with Crippen molar-refractivity contribution in [2.24, 2.45) is 0 Å². The van der Waals surface area contributed by atoms with Gasteiger partial charge in [-0.05, 0) is 20.8 Å². The number of aliphatic hydroxyl groups excluding tert-OH is 1. The van der Waals surface area contributed by atoms with E-state index >= 15 is 0 Å². The molecular formula is C15H27N5O3Si. The van der Waals surface area contributed by atoms with Crippen LogP contribution in [0, 0.1) is 0 Å². The molecule has 0 aliphatic carbocycles. The second kappa shape index (κ2) is 7.56. The first-order chi connectivity index (χ1) is 11.2. The van der Waals surface area contributed by atoms with Crippen molar-refractivity contribution in [3.8, 4) is 0 Å². The maximum atomic E-state index is 9.47. The van der Waals surface area contributed by atoms with E-state index in [1.807, 2.05) is 44.3 Å². The van der Waals surface area contributed by atoms with E-state index < -0.39 is 6.10 Å². The lowest BCUT2D eigenvalue weighted by Crippen LogP contribution is -2.31. The molecule has 0 saturated heterocycles. The van der Waals surface area contributed by atoms with Crippen molar-refractivity contribution in [3.63, 3.8) is 0 Å². The largest absolute Gasteiger partial charge is 0.394 e. The number of rotatable bonds is 7. The van der Waals surface area contributed by atoms with E-state index in [-0.39, 0.29) is 18.9 Å². The molecule has 0 bridgehead atoms. The van der Waals surface area contributed by atoms with Gasteiger partial charge in [0.2, 0.25) is 0 Å². The average Bonchev–Trinajstić information content (AvgIpc) is 2.88. The Morgan fingerprint density at radius 3 is 2.62 bits per heavy atom. The summed E-state index contributed by atoms with van der Waals surface area (Å²) in [5.41, 5.74) is 2.03. The normalized spacial score (nSPS) is 13.6. The molecule has 2 heterocycles. The van der Waals surface area contributed by atoms with Gasteiger partial charge in [0, 0.05) is 14.1 Å². The lowest BCUT2D eigenvalue weighted by molar-refractivity contribution is -0.102. The van der Waals surface area contributed by atoms with Crippen molar-refractivity contribution in [2.75, 3.05) is 32.2 Å². The number of ether oxygens (including phenoxy) is 2. The van der Waals surface area contributed by atoms with Gasteiger partial charge in [-0.2, -0.15) is 0 Å². The summed E-state index contributed by atoms with van der Waals surface area (Å²) in [6.07, 6.45) is 1.29. The zero-order valence-corrected chi connectivity index (χ0v) is 17.3. The molecule has 8 nitrogen and oxygen atoms in total. The van der Waals surface area contributed by atoms with E-state index in [1.54, 1.807) is 6.33 Å². The van der Waals surface area contributed by atoms with Gasteiger partial charge in [0.25, 0.3) is 0 Å². The topological polar surface area (TPSA) is 85.5 Å². The van der Waals surface area contributed by atoms with Gasteiger partial charge in [-0.15, -0.1) is 0 Å². The fourth-order valence-corrected chi connectivity index (χ4v) is 2.55. The van der Waals surface area contributed by atoms with Gasteiger partial charge in [0.1, 0.15) is 18.3 Å². The van der Waals surface area contributed by atoms with Crippen molar-refractivity contribution in [1.29, 1.82) is 0 Å². The highest BCUT2D eigenvalue weighted by Gasteiger charge is 2.17. The van der Waals surface area contributed by atoms with Crippen molar-refractivity contribution >= 4 is 32.7 Å². The minimum absolute atomic E-state index is 0.105. The monoisotopic (exact) mass is 353 g/mol. The zero-order valence-electron chi connectivity index (χ0n) is 15.3. The summed E-state index contributed by atoms with van der Waals surface area (Å²) < 4.78 is 13.3. The summed E-state index contributed by atoms with van der Waals surface area (Å²) in [6, 6.07) is 0. The molecule has 1 N–H and O–H groups in total. The van der Waals surface area contributed by atoms with E-state index in [1.165, 1.54) is 0 Å². The number of anilines is 1. The molecule has 24 heavy (non-hydrogen) atoms.